The largest absolute Gasteiger partial charge is 0.411 e. The molecule has 0 amide bonds. The van der Waals surface area contributed by atoms with Gasteiger partial charge in [-0.15, -0.1) is 0 Å². The molecule has 82 valence electrons. The zero-order valence-corrected chi connectivity index (χ0v) is 9.02. The molecule has 15 heavy (non-hydrogen) atoms. The van der Waals surface area contributed by atoms with Crippen LogP contribution >= 0.6 is 0 Å². The molecule has 0 fully saturated rings. The van der Waals surface area contributed by atoms with Gasteiger partial charge >= 0.3 is 0 Å². The molecule has 0 spiro atoms. The first-order valence-corrected chi connectivity index (χ1v) is 5.13. The average Bonchev–Trinajstić information content (AvgIpc) is 2.30. The molecule has 1 rings (SSSR count). The third-order valence-electron chi connectivity index (χ3n) is 2.24. The van der Waals surface area contributed by atoms with Crippen LogP contribution in [0.5, 0.6) is 0 Å². The van der Waals surface area contributed by atoms with Crippen molar-refractivity contribution in [2.24, 2.45) is 5.16 Å². The lowest BCUT2D eigenvalue weighted by Gasteiger charge is -2.04. The molecule has 0 aliphatic rings. The van der Waals surface area contributed by atoms with Gasteiger partial charge in [-0.2, -0.15) is 0 Å². The monoisotopic (exact) mass is 207 g/mol. The minimum atomic E-state index is 0.742. The highest BCUT2D eigenvalue weighted by atomic mass is 16.5. The summed E-state index contributed by atoms with van der Waals surface area (Å²) in [6.45, 7) is 0.757. The average molecular weight is 207 g/mol. The molecular weight excluding hydrogens is 190 g/mol. The minimum Gasteiger partial charge on any atom is -0.411 e. The highest BCUT2D eigenvalue weighted by Gasteiger charge is 2.02. The summed E-state index contributed by atoms with van der Waals surface area (Å²) in [6, 6.07) is 9.73. The minimum absolute atomic E-state index is 0.742. The number of rotatable bonds is 6. The fourth-order valence-corrected chi connectivity index (χ4v) is 1.42. The van der Waals surface area contributed by atoms with Crippen molar-refractivity contribution in [1.29, 1.82) is 0 Å². The van der Waals surface area contributed by atoms with Gasteiger partial charge < -0.3 is 9.94 Å². The predicted octanol–water partition coefficient (Wildman–Crippen LogP) is 2.68. The number of methoxy groups -OCH3 is 1. The summed E-state index contributed by atoms with van der Waals surface area (Å²) >= 11 is 0. The third-order valence-corrected chi connectivity index (χ3v) is 2.24. The summed E-state index contributed by atoms with van der Waals surface area (Å²) in [4.78, 5) is 0. The van der Waals surface area contributed by atoms with E-state index in [1.54, 1.807) is 7.11 Å². The Kier molecular flexibility index (Phi) is 5.48. The van der Waals surface area contributed by atoms with Crippen LogP contribution in [0.2, 0.25) is 0 Å². The molecule has 1 N–H and O–H groups in total. The molecule has 1 aromatic rings. The first kappa shape index (κ1) is 11.7. The van der Waals surface area contributed by atoms with Crippen LogP contribution in [0.4, 0.5) is 0 Å². The van der Waals surface area contributed by atoms with Crippen molar-refractivity contribution < 1.29 is 9.94 Å². The Morgan fingerprint density at radius 3 is 2.60 bits per heavy atom. The van der Waals surface area contributed by atoms with Gasteiger partial charge in [0.2, 0.25) is 0 Å². The van der Waals surface area contributed by atoms with E-state index in [-0.39, 0.29) is 0 Å². The van der Waals surface area contributed by atoms with Gasteiger partial charge in [-0.3, -0.25) is 0 Å². The predicted molar refractivity (Wildman–Crippen MR) is 60.5 cm³/mol. The van der Waals surface area contributed by atoms with E-state index in [0.717, 1.165) is 37.1 Å². The molecule has 0 aliphatic carbocycles. The van der Waals surface area contributed by atoms with Crippen LogP contribution in [0.25, 0.3) is 0 Å². The molecule has 0 unspecified atom stereocenters. The Hall–Kier alpha value is -1.35. The highest BCUT2D eigenvalue weighted by molar-refractivity contribution is 6.00. The van der Waals surface area contributed by atoms with Gasteiger partial charge in [0.05, 0.1) is 5.71 Å². The number of benzene rings is 1. The molecule has 0 aromatic heterocycles. The van der Waals surface area contributed by atoms with Crippen molar-refractivity contribution in [2.75, 3.05) is 13.7 Å². The Labute approximate surface area is 90.4 Å². The smallest absolute Gasteiger partial charge is 0.0867 e. The van der Waals surface area contributed by atoms with Gasteiger partial charge in [-0.25, -0.2) is 0 Å². The van der Waals surface area contributed by atoms with E-state index in [2.05, 4.69) is 5.16 Å². The lowest BCUT2D eigenvalue weighted by Crippen LogP contribution is -2.01. The number of oxime groups is 1. The second-order valence-electron chi connectivity index (χ2n) is 3.36. The molecule has 3 heteroatoms. The molecule has 0 atom stereocenters. The first-order chi connectivity index (χ1) is 7.38. The fraction of sp³-hybridized carbons (Fsp3) is 0.417. The van der Waals surface area contributed by atoms with Gasteiger partial charge in [0.25, 0.3) is 0 Å². The Balaban J connectivity index is 2.44. The lowest BCUT2D eigenvalue weighted by molar-refractivity contribution is 0.193. The fourth-order valence-electron chi connectivity index (χ4n) is 1.42. The van der Waals surface area contributed by atoms with Gasteiger partial charge in [0, 0.05) is 13.7 Å². The summed E-state index contributed by atoms with van der Waals surface area (Å²) < 4.78 is 4.96. The second-order valence-corrected chi connectivity index (χ2v) is 3.36. The second kappa shape index (κ2) is 7.01. The van der Waals surface area contributed by atoms with Crippen LogP contribution < -0.4 is 0 Å². The summed E-state index contributed by atoms with van der Waals surface area (Å²) in [5, 5.41) is 12.2. The van der Waals surface area contributed by atoms with Crippen LogP contribution in [0.15, 0.2) is 35.5 Å². The quantitative estimate of drug-likeness (QED) is 0.337. The first-order valence-electron chi connectivity index (χ1n) is 5.13. The molecule has 0 saturated heterocycles. The summed E-state index contributed by atoms with van der Waals surface area (Å²) in [7, 11) is 1.69. The van der Waals surface area contributed by atoms with E-state index >= 15 is 0 Å². The van der Waals surface area contributed by atoms with E-state index in [4.69, 9.17) is 9.94 Å². The Morgan fingerprint density at radius 2 is 2.00 bits per heavy atom. The van der Waals surface area contributed by atoms with Crippen LogP contribution in [0, 0.1) is 0 Å². The SMILES string of the molecule is COCCCC/C(=N/O)c1ccccc1. The number of hydrogen-bond acceptors (Lipinski definition) is 3. The van der Waals surface area contributed by atoms with E-state index in [1.165, 1.54) is 0 Å². The number of nitrogens with zero attached hydrogens (tertiary/aromatic N) is 1. The maximum atomic E-state index is 8.89. The van der Waals surface area contributed by atoms with Crippen LogP contribution in [-0.2, 0) is 4.74 Å². The molecule has 0 heterocycles. The van der Waals surface area contributed by atoms with Gasteiger partial charge in [0.15, 0.2) is 0 Å². The molecule has 1 aromatic carbocycles. The van der Waals surface area contributed by atoms with E-state index in [0.29, 0.717) is 0 Å². The Morgan fingerprint density at radius 1 is 1.27 bits per heavy atom. The van der Waals surface area contributed by atoms with E-state index in [1.807, 2.05) is 30.3 Å². The topological polar surface area (TPSA) is 41.8 Å². The van der Waals surface area contributed by atoms with E-state index < -0.39 is 0 Å². The van der Waals surface area contributed by atoms with Crippen molar-refractivity contribution in [3.8, 4) is 0 Å². The third kappa shape index (κ3) is 4.13. The van der Waals surface area contributed by atoms with Crippen LogP contribution in [0.1, 0.15) is 24.8 Å². The van der Waals surface area contributed by atoms with Crippen LogP contribution in [0.3, 0.4) is 0 Å². The summed E-state index contributed by atoms with van der Waals surface area (Å²) in [6.07, 6.45) is 2.74. The van der Waals surface area contributed by atoms with Gasteiger partial charge in [0.1, 0.15) is 0 Å². The molecule has 0 radical (unpaired) electrons. The number of unbranched alkanes of at least 4 members (excludes halogenated alkanes) is 1. The van der Waals surface area contributed by atoms with Gasteiger partial charge in [-0.1, -0.05) is 35.5 Å². The molecule has 0 bridgehead atoms. The van der Waals surface area contributed by atoms with Crippen LogP contribution in [-0.4, -0.2) is 24.6 Å². The van der Waals surface area contributed by atoms with Crippen molar-refractivity contribution in [2.45, 2.75) is 19.3 Å². The van der Waals surface area contributed by atoms with Crippen molar-refractivity contribution in [3.63, 3.8) is 0 Å². The zero-order valence-electron chi connectivity index (χ0n) is 9.02. The number of ether oxygens (including phenoxy) is 1. The zero-order chi connectivity index (χ0) is 10.9. The van der Waals surface area contributed by atoms with Crippen molar-refractivity contribution in [3.05, 3.63) is 35.9 Å². The Bertz CT molecular complexity index is 296. The standard InChI is InChI=1S/C12H17NO2/c1-15-10-6-5-9-12(13-14)11-7-3-2-4-8-11/h2-4,7-8,14H,5-6,9-10H2,1H3/b13-12-. The number of hydrogen-bond donors (Lipinski definition) is 1. The van der Waals surface area contributed by atoms with Crippen molar-refractivity contribution in [1.82, 2.24) is 0 Å². The molecule has 0 saturated carbocycles. The maximum Gasteiger partial charge on any atom is 0.0867 e. The maximum absolute atomic E-state index is 8.89. The summed E-state index contributed by atoms with van der Waals surface area (Å²) in [5.41, 5.74) is 1.73. The highest BCUT2D eigenvalue weighted by Crippen LogP contribution is 2.07. The van der Waals surface area contributed by atoms with Crippen molar-refractivity contribution >= 4 is 5.71 Å². The summed E-state index contributed by atoms with van der Waals surface area (Å²) in [5.74, 6) is 0. The molecule has 3 nitrogen and oxygen atoms in total. The normalized spacial score (nSPS) is 11.7. The lowest BCUT2D eigenvalue weighted by atomic mass is 10.1. The van der Waals surface area contributed by atoms with E-state index in [9.17, 15) is 0 Å². The molecule has 0 aliphatic heterocycles. The van der Waals surface area contributed by atoms with Gasteiger partial charge in [-0.05, 0) is 24.8 Å². The molecular formula is C12H17NO2.